The molecule has 1 saturated heterocycles. The molecule has 0 radical (unpaired) electrons. The number of rotatable bonds is 7. The van der Waals surface area contributed by atoms with Crippen molar-refractivity contribution in [2.45, 2.75) is 45.9 Å². The highest BCUT2D eigenvalue weighted by Gasteiger charge is 2.30. The van der Waals surface area contributed by atoms with E-state index in [0.29, 0.717) is 19.0 Å². The highest BCUT2D eigenvalue weighted by atomic mass is 16.5. The van der Waals surface area contributed by atoms with Crippen LogP contribution < -0.4 is 4.74 Å². The highest BCUT2D eigenvalue weighted by molar-refractivity contribution is 5.73. The summed E-state index contributed by atoms with van der Waals surface area (Å²) in [5, 5.41) is 9.32. The van der Waals surface area contributed by atoms with E-state index in [1.54, 1.807) is 0 Å². The van der Waals surface area contributed by atoms with Crippen LogP contribution in [0.25, 0.3) is 11.5 Å². The van der Waals surface area contributed by atoms with E-state index in [4.69, 9.17) is 9.15 Å². The summed E-state index contributed by atoms with van der Waals surface area (Å²) in [6.45, 7) is 5.73. The molecular weight excluding hydrogens is 380 g/mol. The van der Waals surface area contributed by atoms with E-state index in [0.717, 1.165) is 47.7 Å². The summed E-state index contributed by atoms with van der Waals surface area (Å²) in [6.07, 6.45) is 1.65. The molecule has 0 spiro atoms. The molecule has 0 bridgehead atoms. The van der Waals surface area contributed by atoms with Gasteiger partial charge < -0.3 is 14.3 Å². The maximum absolute atomic E-state index is 11.3. The molecule has 1 aliphatic rings. The van der Waals surface area contributed by atoms with Gasteiger partial charge in [0.05, 0.1) is 0 Å². The Kier molecular flexibility index (Phi) is 5.86. The fourth-order valence-electron chi connectivity index (χ4n) is 3.75. The zero-order chi connectivity index (χ0) is 21.1. The maximum Gasteiger partial charge on any atom is 0.320 e. The second kappa shape index (κ2) is 8.71. The number of carbonyl (C=O) groups is 1. The van der Waals surface area contributed by atoms with E-state index >= 15 is 0 Å². The average Bonchev–Trinajstić information content (AvgIpc) is 3.35. The average molecular weight is 406 g/mol. The van der Waals surface area contributed by atoms with Crippen LogP contribution in [0.3, 0.4) is 0 Å². The number of oxazole rings is 1. The lowest BCUT2D eigenvalue weighted by Crippen LogP contribution is -2.35. The first-order valence-corrected chi connectivity index (χ1v) is 10.2. The molecule has 0 unspecified atom stereocenters. The molecule has 1 atom stereocenters. The van der Waals surface area contributed by atoms with Crippen molar-refractivity contribution in [3.8, 4) is 17.2 Å². The smallest absolute Gasteiger partial charge is 0.320 e. The molecule has 1 N–H and O–H groups in total. The third-order valence-corrected chi connectivity index (χ3v) is 5.52. The van der Waals surface area contributed by atoms with Crippen LogP contribution in [0.15, 0.2) is 52.9 Å². The third kappa shape index (κ3) is 4.54. The number of aliphatic carboxylic acids is 1. The van der Waals surface area contributed by atoms with Crippen molar-refractivity contribution >= 4 is 5.97 Å². The van der Waals surface area contributed by atoms with Gasteiger partial charge in [0.2, 0.25) is 5.89 Å². The van der Waals surface area contributed by atoms with Crippen LogP contribution in [0.2, 0.25) is 0 Å². The van der Waals surface area contributed by atoms with Gasteiger partial charge in [0.1, 0.15) is 29.9 Å². The Morgan fingerprint density at radius 1 is 1.17 bits per heavy atom. The lowest BCUT2D eigenvalue weighted by atomic mass is 10.1. The van der Waals surface area contributed by atoms with Crippen molar-refractivity contribution in [3.63, 3.8) is 0 Å². The number of hydrogen-bond donors (Lipinski definition) is 1. The normalized spacial score (nSPS) is 16.7. The second-order valence-corrected chi connectivity index (χ2v) is 7.79. The van der Waals surface area contributed by atoms with E-state index in [2.05, 4.69) is 4.98 Å². The molecule has 6 heteroatoms. The lowest BCUT2D eigenvalue weighted by molar-refractivity contribution is -0.142. The quantitative estimate of drug-likeness (QED) is 0.619. The summed E-state index contributed by atoms with van der Waals surface area (Å²) in [4.78, 5) is 17.9. The third-order valence-electron chi connectivity index (χ3n) is 5.52. The minimum absolute atomic E-state index is 0.327. The number of hydrogen-bond acceptors (Lipinski definition) is 5. The van der Waals surface area contributed by atoms with Crippen molar-refractivity contribution < 1.29 is 19.1 Å². The van der Waals surface area contributed by atoms with Crippen LogP contribution in [-0.4, -0.2) is 33.5 Å². The standard InChI is InChI=1S/C24H26N2O4/c1-16-5-9-19(10-6-16)23-25-21(17(2)30-23)15-29-20-11-7-18(8-12-20)14-26-13-3-4-22(26)24(27)28/h5-12,22H,3-4,13-15H2,1-2H3,(H,27,28)/t22-/m0/s1. The Hall–Kier alpha value is -3.12. The van der Waals surface area contributed by atoms with Crippen LogP contribution in [0.4, 0.5) is 0 Å². The van der Waals surface area contributed by atoms with Gasteiger partial charge in [-0.15, -0.1) is 0 Å². The molecule has 2 heterocycles. The molecule has 1 aromatic heterocycles. The summed E-state index contributed by atoms with van der Waals surface area (Å²) in [7, 11) is 0. The zero-order valence-corrected chi connectivity index (χ0v) is 17.3. The van der Waals surface area contributed by atoms with Crippen LogP contribution >= 0.6 is 0 Å². The number of nitrogens with zero attached hydrogens (tertiary/aromatic N) is 2. The molecule has 4 rings (SSSR count). The highest BCUT2D eigenvalue weighted by Crippen LogP contribution is 2.24. The van der Waals surface area contributed by atoms with Gasteiger partial charge in [-0.25, -0.2) is 4.98 Å². The van der Waals surface area contributed by atoms with Gasteiger partial charge in [-0.1, -0.05) is 29.8 Å². The lowest BCUT2D eigenvalue weighted by Gasteiger charge is -2.21. The maximum atomic E-state index is 11.3. The first-order valence-electron chi connectivity index (χ1n) is 10.2. The molecule has 1 aliphatic heterocycles. The first-order chi connectivity index (χ1) is 14.5. The first kappa shape index (κ1) is 20.2. The Balaban J connectivity index is 1.36. The summed E-state index contributed by atoms with van der Waals surface area (Å²) in [6, 6.07) is 15.5. The Labute approximate surface area is 176 Å². The largest absolute Gasteiger partial charge is 0.487 e. The number of likely N-dealkylation sites (tertiary alicyclic amines) is 1. The number of carboxylic acid groups (broad SMARTS) is 1. The van der Waals surface area contributed by atoms with Gasteiger partial charge in [-0.2, -0.15) is 0 Å². The fourth-order valence-corrected chi connectivity index (χ4v) is 3.75. The van der Waals surface area contributed by atoms with Gasteiger partial charge in [0.15, 0.2) is 0 Å². The number of ether oxygens (including phenoxy) is 1. The molecule has 3 aromatic rings. The minimum Gasteiger partial charge on any atom is -0.487 e. The molecule has 0 amide bonds. The zero-order valence-electron chi connectivity index (χ0n) is 17.3. The molecule has 2 aromatic carbocycles. The summed E-state index contributed by atoms with van der Waals surface area (Å²) in [5.41, 5.74) is 3.99. The Morgan fingerprint density at radius 3 is 2.60 bits per heavy atom. The van der Waals surface area contributed by atoms with Crippen LogP contribution in [0.5, 0.6) is 5.75 Å². The summed E-state index contributed by atoms with van der Waals surface area (Å²) >= 11 is 0. The summed E-state index contributed by atoms with van der Waals surface area (Å²) < 4.78 is 11.7. The summed E-state index contributed by atoms with van der Waals surface area (Å²) in [5.74, 6) is 1.35. The van der Waals surface area contributed by atoms with Crippen molar-refractivity contribution in [2.75, 3.05) is 6.54 Å². The molecule has 156 valence electrons. The number of benzene rings is 2. The van der Waals surface area contributed by atoms with E-state index in [9.17, 15) is 9.90 Å². The van der Waals surface area contributed by atoms with Gasteiger partial charge in [0, 0.05) is 12.1 Å². The number of carboxylic acids is 1. The van der Waals surface area contributed by atoms with Gasteiger partial charge in [-0.3, -0.25) is 9.69 Å². The van der Waals surface area contributed by atoms with E-state index < -0.39 is 5.97 Å². The SMILES string of the molecule is Cc1ccc(-c2nc(COc3ccc(CN4CCC[C@H]4C(=O)O)cc3)c(C)o2)cc1. The second-order valence-electron chi connectivity index (χ2n) is 7.79. The number of aromatic nitrogens is 1. The molecule has 6 nitrogen and oxygen atoms in total. The van der Waals surface area contributed by atoms with Crippen LogP contribution in [0.1, 0.15) is 35.4 Å². The van der Waals surface area contributed by atoms with Crippen molar-refractivity contribution in [2.24, 2.45) is 0 Å². The molecule has 30 heavy (non-hydrogen) atoms. The van der Waals surface area contributed by atoms with E-state index in [1.807, 2.05) is 67.3 Å². The topological polar surface area (TPSA) is 75.8 Å². The van der Waals surface area contributed by atoms with Crippen molar-refractivity contribution in [1.82, 2.24) is 9.88 Å². The predicted molar refractivity (Wildman–Crippen MR) is 113 cm³/mol. The van der Waals surface area contributed by atoms with Crippen molar-refractivity contribution in [3.05, 3.63) is 71.1 Å². The monoisotopic (exact) mass is 406 g/mol. The Morgan fingerprint density at radius 2 is 1.90 bits per heavy atom. The van der Waals surface area contributed by atoms with Crippen LogP contribution in [0, 0.1) is 13.8 Å². The van der Waals surface area contributed by atoms with E-state index in [-0.39, 0.29) is 6.04 Å². The minimum atomic E-state index is -0.736. The fraction of sp³-hybridized carbons (Fsp3) is 0.333. The molecular formula is C24H26N2O4. The Bertz CT molecular complexity index is 1010. The number of aryl methyl sites for hydroxylation is 2. The van der Waals surface area contributed by atoms with Gasteiger partial charge in [-0.05, 0) is 63.1 Å². The van der Waals surface area contributed by atoms with Gasteiger partial charge >= 0.3 is 5.97 Å². The van der Waals surface area contributed by atoms with Crippen molar-refractivity contribution in [1.29, 1.82) is 0 Å². The van der Waals surface area contributed by atoms with E-state index in [1.165, 1.54) is 5.56 Å². The predicted octanol–water partition coefficient (Wildman–Crippen LogP) is 4.59. The van der Waals surface area contributed by atoms with Gasteiger partial charge in [0.25, 0.3) is 0 Å². The molecule has 0 saturated carbocycles. The molecule has 1 fully saturated rings. The van der Waals surface area contributed by atoms with Crippen LogP contribution in [-0.2, 0) is 17.9 Å². The molecule has 0 aliphatic carbocycles.